The zero-order chi connectivity index (χ0) is 21.4. The summed E-state index contributed by atoms with van der Waals surface area (Å²) in [5.41, 5.74) is 3.95. The third-order valence-electron chi connectivity index (χ3n) is 6.66. The standard InChI is InChI=1S/C25H29N3O2S/c1-27-13-15-28(16-14-27)25-8-4-7-20-9-11-22(18-24(20)25)26-31(29,30)23-12-10-19-5-2-3-6-21(19)17-23/h2-8,10,12,17,22,26H,9,11,13-16,18H2,1H3. The number of fused-ring (bicyclic) bond motifs is 2. The summed E-state index contributed by atoms with van der Waals surface area (Å²) in [6.07, 6.45) is 2.47. The second-order valence-electron chi connectivity index (χ2n) is 8.78. The quantitative estimate of drug-likeness (QED) is 0.682. The highest BCUT2D eigenvalue weighted by molar-refractivity contribution is 7.89. The van der Waals surface area contributed by atoms with E-state index in [1.54, 1.807) is 12.1 Å². The first-order valence-electron chi connectivity index (χ1n) is 11.0. The van der Waals surface area contributed by atoms with Crippen molar-refractivity contribution in [2.24, 2.45) is 0 Å². The molecule has 162 valence electrons. The van der Waals surface area contributed by atoms with Crippen molar-refractivity contribution in [3.63, 3.8) is 0 Å². The van der Waals surface area contributed by atoms with Crippen LogP contribution in [0.15, 0.2) is 65.6 Å². The van der Waals surface area contributed by atoms with Gasteiger partial charge >= 0.3 is 0 Å². The first-order chi connectivity index (χ1) is 15.0. The molecule has 1 heterocycles. The molecule has 5 nitrogen and oxygen atoms in total. The van der Waals surface area contributed by atoms with Gasteiger partial charge in [-0.1, -0.05) is 42.5 Å². The van der Waals surface area contributed by atoms with Gasteiger partial charge in [-0.15, -0.1) is 0 Å². The Morgan fingerprint density at radius 2 is 1.68 bits per heavy atom. The van der Waals surface area contributed by atoms with Crippen LogP contribution in [0.25, 0.3) is 10.8 Å². The van der Waals surface area contributed by atoms with Crippen molar-refractivity contribution in [1.29, 1.82) is 0 Å². The molecule has 1 unspecified atom stereocenters. The lowest BCUT2D eigenvalue weighted by atomic mass is 9.87. The number of rotatable bonds is 4. The van der Waals surface area contributed by atoms with Gasteiger partial charge in [-0.25, -0.2) is 13.1 Å². The molecule has 1 aliphatic heterocycles. The predicted octanol–water partition coefficient (Wildman–Crippen LogP) is 3.43. The average Bonchev–Trinajstić information content (AvgIpc) is 2.79. The van der Waals surface area contributed by atoms with Crippen LogP contribution in [0.4, 0.5) is 5.69 Å². The van der Waals surface area contributed by atoms with Gasteiger partial charge in [0.25, 0.3) is 0 Å². The Morgan fingerprint density at radius 3 is 2.48 bits per heavy atom. The molecule has 2 aliphatic rings. The average molecular weight is 436 g/mol. The Morgan fingerprint density at radius 1 is 0.903 bits per heavy atom. The Balaban J connectivity index is 1.37. The Labute approximate surface area is 184 Å². The van der Waals surface area contributed by atoms with Gasteiger partial charge in [0, 0.05) is 37.9 Å². The highest BCUT2D eigenvalue weighted by atomic mass is 32.2. The summed E-state index contributed by atoms with van der Waals surface area (Å²) in [6.45, 7) is 4.14. The van der Waals surface area contributed by atoms with E-state index in [2.05, 4.69) is 39.8 Å². The molecule has 3 aromatic rings. The fourth-order valence-corrected chi connectivity index (χ4v) is 6.14. The normalized spacial score (nSPS) is 20.0. The summed E-state index contributed by atoms with van der Waals surface area (Å²) in [6, 6.07) is 19.7. The molecular weight excluding hydrogens is 406 g/mol. The molecule has 1 N–H and O–H groups in total. The molecule has 0 spiro atoms. The number of nitrogens with zero attached hydrogens (tertiary/aromatic N) is 2. The van der Waals surface area contributed by atoms with E-state index in [0.717, 1.165) is 56.2 Å². The summed E-state index contributed by atoms with van der Waals surface area (Å²) >= 11 is 0. The fraction of sp³-hybridized carbons (Fsp3) is 0.360. The molecule has 1 saturated heterocycles. The summed E-state index contributed by atoms with van der Waals surface area (Å²) in [5.74, 6) is 0. The fourth-order valence-electron chi connectivity index (χ4n) is 4.84. The van der Waals surface area contributed by atoms with Crippen molar-refractivity contribution in [2.75, 3.05) is 38.1 Å². The summed E-state index contributed by atoms with van der Waals surface area (Å²) in [4.78, 5) is 5.15. The molecule has 1 atom stereocenters. The molecule has 1 fully saturated rings. The number of sulfonamides is 1. The van der Waals surface area contributed by atoms with Crippen molar-refractivity contribution in [3.05, 3.63) is 71.8 Å². The van der Waals surface area contributed by atoms with Gasteiger partial charge in [-0.05, 0) is 66.4 Å². The zero-order valence-electron chi connectivity index (χ0n) is 17.9. The maximum atomic E-state index is 13.2. The second-order valence-corrected chi connectivity index (χ2v) is 10.5. The van der Waals surface area contributed by atoms with E-state index in [1.807, 2.05) is 30.3 Å². The maximum Gasteiger partial charge on any atom is 0.240 e. The number of hydrogen-bond donors (Lipinski definition) is 1. The van der Waals surface area contributed by atoms with Crippen molar-refractivity contribution in [2.45, 2.75) is 30.2 Å². The molecule has 5 rings (SSSR count). The largest absolute Gasteiger partial charge is 0.369 e. The van der Waals surface area contributed by atoms with Crippen molar-refractivity contribution < 1.29 is 8.42 Å². The van der Waals surface area contributed by atoms with Gasteiger partial charge in [-0.2, -0.15) is 0 Å². The van der Waals surface area contributed by atoms with Gasteiger partial charge < -0.3 is 9.80 Å². The number of piperazine rings is 1. The third kappa shape index (κ3) is 4.20. The minimum atomic E-state index is -3.57. The third-order valence-corrected chi connectivity index (χ3v) is 8.18. The number of benzene rings is 3. The maximum absolute atomic E-state index is 13.2. The SMILES string of the molecule is CN1CCN(c2cccc3c2CC(NS(=O)(=O)c2ccc4ccccc4c2)CC3)CC1. The zero-order valence-corrected chi connectivity index (χ0v) is 18.7. The van der Waals surface area contributed by atoms with Gasteiger partial charge in [0.05, 0.1) is 4.90 Å². The van der Waals surface area contributed by atoms with E-state index in [-0.39, 0.29) is 6.04 Å². The lowest BCUT2D eigenvalue weighted by molar-refractivity contribution is 0.312. The topological polar surface area (TPSA) is 52.6 Å². The monoisotopic (exact) mass is 435 g/mol. The Hall–Kier alpha value is -2.41. The first-order valence-corrected chi connectivity index (χ1v) is 12.5. The van der Waals surface area contributed by atoms with Crippen LogP contribution in [-0.2, 0) is 22.9 Å². The van der Waals surface area contributed by atoms with Gasteiger partial charge in [0.1, 0.15) is 0 Å². The second kappa shape index (κ2) is 8.26. The lowest BCUT2D eigenvalue weighted by Gasteiger charge is -2.37. The van der Waals surface area contributed by atoms with Crippen molar-refractivity contribution in [3.8, 4) is 0 Å². The Bertz CT molecular complexity index is 1200. The van der Waals surface area contributed by atoms with Crippen LogP contribution in [0.2, 0.25) is 0 Å². The van der Waals surface area contributed by atoms with Crippen LogP contribution in [0.3, 0.4) is 0 Å². The van der Waals surface area contributed by atoms with E-state index in [1.165, 1.54) is 16.8 Å². The molecule has 0 radical (unpaired) electrons. The van der Waals surface area contributed by atoms with Crippen molar-refractivity contribution >= 4 is 26.5 Å². The van der Waals surface area contributed by atoms with Crippen LogP contribution < -0.4 is 9.62 Å². The van der Waals surface area contributed by atoms with Crippen LogP contribution in [0.1, 0.15) is 17.5 Å². The number of likely N-dealkylation sites (N-methyl/N-ethyl adjacent to an activating group) is 1. The van der Waals surface area contributed by atoms with Crippen LogP contribution in [0, 0.1) is 0 Å². The lowest BCUT2D eigenvalue weighted by Crippen LogP contribution is -2.45. The van der Waals surface area contributed by atoms with Gasteiger partial charge in [-0.3, -0.25) is 0 Å². The molecule has 1 aliphatic carbocycles. The number of nitrogens with one attached hydrogen (secondary N) is 1. The minimum absolute atomic E-state index is 0.0856. The highest BCUT2D eigenvalue weighted by Gasteiger charge is 2.27. The molecule has 3 aromatic carbocycles. The van der Waals surface area contributed by atoms with E-state index in [0.29, 0.717) is 4.90 Å². The van der Waals surface area contributed by atoms with Crippen LogP contribution >= 0.6 is 0 Å². The van der Waals surface area contributed by atoms with Gasteiger partial charge in [0.2, 0.25) is 10.0 Å². The van der Waals surface area contributed by atoms with E-state index in [9.17, 15) is 8.42 Å². The first kappa shape index (κ1) is 20.5. The van der Waals surface area contributed by atoms with Crippen LogP contribution in [-0.4, -0.2) is 52.6 Å². The van der Waals surface area contributed by atoms with Gasteiger partial charge in [0.15, 0.2) is 0 Å². The summed E-state index contributed by atoms with van der Waals surface area (Å²) in [5, 5.41) is 1.99. The highest BCUT2D eigenvalue weighted by Crippen LogP contribution is 2.32. The minimum Gasteiger partial charge on any atom is -0.369 e. The van der Waals surface area contributed by atoms with Crippen LogP contribution in [0.5, 0.6) is 0 Å². The van der Waals surface area contributed by atoms with E-state index >= 15 is 0 Å². The van der Waals surface area contributed by atoms with E-state index in [4.69, 9.17) is 0 Å². The molecule has 0 aromatic heterocycles. The summed E-state index contributed by atoms with van der Waals surface area (Å²) < 4.78 is 29.3. The number of aryl methyl sites for hydroxylation is 1. The molecule has 0 bridgehead atoms. The van der Waals surface area contributed by atoms with Crippen molar-refractivity contribution in [1.82, 2.24) is 9.62 Å². The predicted molar refractivity (Wildman–Crippen MR) is 126 cm³/mol. The molecule has 0 amide bonds. The molecule has 31 heavy (non-hydrogen) atoms. The summed E-state index contributed by atoms with van der Waals surface area (Å²) in [7, 11) is -1.41. The molecule has 6 heteroatoms. The van der Waals surface area contributed by atoms with E-state index < -0.39 is 10.0 Å². The molecular formula is C25H29N3O2S. The molecule has 0 saturated carbocycles. The number of hydrogen-bond acceptors (Lipinski definition) is 4. The Kier molecular flexibility index (Phi) is 5.46. The smallest absolute Gasteiger partial charge is 0.240 e. The number of anilines is 1.